The number of aliphatic carboxylic acids is 2. The van der Waals surface area contributed by atoms with Gasteiger partial charge >= 0.3 is 5.97 Å². The molecule has 0 aromatic carbocycles. The van der Waals surface area contributed by atoms with Crippen LogP contribution in [0.3, 0.4) is 0 Å². The zero-order valence-electron chi connectivity index (χ0n) is 19.8. The van der Waals surface area contributed by atoms with Gasteiger partial charge in [0.2, 0.25) is 11.5 Å². The van der Waals surface area contributed by atoms with Crippen LogP contribution in [0.1, 0.15) is 11.4 Å². The minimum absolute atomic E-state index is 0.0686. The second-order valence-electron chi connectivity index (χ2n) is 7.98. The number of nitrogens with one attached hydrogen (secondary N) is 1. The molecule has 2 aliphatic rings. The average molecular weight is 560 g/mol. The third-order valence-electron chi connectivity index (χ3n) is 5.44. The maximum absolute atomic E-state index is 12.9. The van der Waals surface area contributed by atoms with E-state index in [0.29, 0.717) is 17.7 Å². The van der Waals surface area contributed by atoms with Crippen molar-refractivity contribution in [1.82, 2.24) is 19.6 Å². The monoisotopic (exact) mass is 559 g/mol. The van der Waals surface area contributed by atoms with E-state index in [-0.39, 0.29) is 34.5 Å². The van der Waals surface area contributed by atoms with Gasteiger partial charge in [0.25, 0.3) is 11.8 Å². The number of carboxylic acid groups (broad SMARTS) is 2. The summed E-state index contributed by atoms with van der Waals surface area (Å²) in [5, 5.41) is 26.5. The molecule has 1 unspecified atom stereocenters. The van der Waals surface area contributed by atoms with Crippen molar-refractivity contribution in [3.8, 4) is 0 Å². The molecule has 0 aliphatic carbocycles. The number of pyridine rings is 1. The second kappa shape index (κ2) is 11.4. The summed E-state index contributed by atoms with van der Waals surface area (Å²) >= 11 is 2.13. The number of β-lactam (4-membered cyclic amide) rings is 1. The summed E-state index contributed by atoms with van der Waals surface area (Å²) in [5.74, 6) is -3.70. The highest BCUT2D eigenvalue weighted by Crippen LogP contribution is 2.40. The third-order valence-corrected chi connectivity index (χ3v) is 7.28. The fourth-order valence-corrected chi connectivity index (χ4v) is 5.61. The van der Waals surface area contributed by atoms with E-state index in [2.05, 4.69) is 19.8 Å². The molecule has 1 saturated heterocycles. The highest BCUT2D eigenvalue weighted by atomic mass is 32.2. The Morgan fingerprint density at radius 2 is 2.24 bits per heavy atom. The molecule has 2 aromatic heterocycles. The number of anilines is 1. The highest BCUT2D eigenvalue weighted by Gasteiger charge is 2.53. The number of aromatic nitrogens is 3. The Labute approximate surface area is 223 Å². The molecule has 4 heterocycles. The lowest BCUT2D eigenvalue weighted by Crippen LogP contribution is -2.71. The van der Waals surface area contributed by atoms with Gasteiger partial charge in [0.1, 0.15) is 18.5 Å². The Balaban J connectivity index is 1.47. The number of carbonyl (C=O) groups is 4. The van der Waals surface area contributed by atoms with Gasteiger partial charge in [-0.1, -0.05) is 11.2 Å². The van der Waals surface area contributed by atoms with Gasteiger partial charge < -0.3 is 30.9 Å². The van der Waals surface area contributed by atoms with Crippen molar-refractivity contribution in [2.24, 2.45) is 5.16 Å². The van der Waals surface area contributed by atoms with Crippen LogP contribution in [0.4, 0.5) is 5.13 Å². The van der Waals surface area contributed by atoms with E-state index >= 15 is 0 Å². The number of carboxylic acids is 2. The van der Waals surface area contributed by atoms with Crippen LogP contribution in [0.15, 0.2) is 53.1 Å². The topological polar surface area (TPSA) is 204 Å². The van der Waals surface area contributed by atoms with E-state index in [1.54, 1.807) is 41.2 Å². The largest absolute Gasteiger partial charge is 0.543 e. The second-order valence-corrected chi connectivity index (χ2v) is 9.87. The number of hydrogen-bond donors (Lipinski definition) is 3. The van der Waals surface area contributed by atoms with Crippen molar-refractivity contribution in [2.75, 3.05) is 18.6 Å². The Kier molecular flexibility index (Phi) is 8.02. The van der Waals surface area contributed by atoms with Crippen LogP contribution < -0.4 is 20.7 Å². The van der Waals surface area contributed by atoms with Crippen molar-refractivity contribution in [1.29, 1.82) is 0 Å². The van der Waals surface area contributed by atoms with Crippen molar-refractivity contribution >= 4 is 57.9 Å². The molecule has 4 rings (SSSR count). The van der Waals surface area contributed by atoms with Gasteiger partial charge in [0, 0.05) is 28.9 Å². The predicted octanol–water partition coefficient (Wildman–Crippen LogP) is -1.95. The Bertz CT molecular complexity index is 1390. The van der Waals surface area contributed by atoms with Crippen molar-refractivity contribution in [3.63, 3.8) is 0 Å². The van der Waals surface area contributed by atoms with E-state index in [0.717, 1.165) is 16.4 Å². The highest BCUT2D eigenvalue weighted by molar-refractivity contribution is 8.00. The lowest BCUT2D eigenvalue weighted by Gasteiger charge is -2.50. The summed E-state index contributed by atoms with van der Waals surface area (Å²) < 4.78 is 5.67. The molecule has 14 nitrogen and oxygen atoms in total. The first-order valence-corrected chi connectivity index (χ1v) is 12.8. The van der Waals surface area contributed by atoms with E-state index < -0.39 is 35.2 Å². The molecule has 38 heavy (non-hydrogen) atoms. The van der Waals surface area contributed by atoms with Gasteiger partial charge in [0.15, 0.2) is 24.1 Å². The molecule has 2 aromatic rings. The molecule has 16 heteroatoms. The Morgan fingerprint density at radius 3 is 2.89 bits per heavy atom. The summed E-state index contributed by atoms with van der Waals surface area (Å²) in [6.07, 6.45) is 6.60. The fraction of sp³-hybridized carbons (Fsp3) is 0.273. The molecule has 2 atom stereocenters. The first-order chi connectivity index (χ1) is 18.2. The van der Waals surface area contributed by atoms with E-state index in [4.69, 9.17) is 15.7 Å². The van der Waals surface area contributed by atoms with E-state index in [9.17, 15) is 24.3 Å². The molecular weight excluding hydrogens is 538 g/mol. The molecule has 0 radical (unpaired) electrons. The summed E-state index contributed by atoms with van der Waals surface area (Å²) in [5.41, 5.74) is 6.00. The summed E-state index contributed by atoms with van der Waals surface area (Å²) in [6.45, 7) is 0.342. The molecule has 2 aliphatic heterocycles. The molecule has 0 bridgehead atoms. The number of fused-ring (bicyclic) bond motifs is 1. The number of thioether (sulfide) groups is 1. The fourth-order valence-electron chi connectivity index (χ4n) is 3.86. The zero-order valence-corrected chi connectivity index (χ0v) is 21.4. The lowest BCUT2D eigenvalue weighted by molar-refractivity contribution is -0.687. The number of hydrogen-bond acceptors (Lipinski definition) is 12. The maximum atomic E-state index is 12.9. The maximum Gasteiger partial charge on any atom is 0.308 e. The number of oxime groups is 1. The normalized spacial score (nSPS) is 19.2. The predicted molar refractivity (Wildman–Crippen MR) is 132 cm³/mol. The van der Waals surface area contributed by atoms with Crippen LogP contribution in [0, 0.1) is 0 Å². The van der Waals surface area contributed by atoms with Gasteiger partial charge in [-0.3, -0.25) is 19.3 Å². The number of nitrogens with zero attached hydrogens (tertiary/aromatic N) is 5. The number of rotatable bonds is 10. The van der Waals surface area contributed by atoms with Crippen molar-refractivity contribution in [2.45, 2.75) is 24.4 Å². The number of nitrogen functional groups attached to an aromatic ring is 1. The van der Waals surface area contributed by atoms with Crippen molar-refractivity contribution in [3.05, 3.63) is 59.3 Å². The van der Waals surface area contributed by atoms with Gasteiger partial charge in [-0.25, -0.2) is 4.57 Å². The SMILES string of the molecule is CO/N=C(\C(=O)NC1C(=O)N2C(C(=O)[O-])=C(/C=C\C[n+]3cccc(CC(=O)O)c3)CS[C@H]12)c1nsc(N)n1. The number of allylic oxidation sites excluding steroid dienone is 2. The summed E-state index contributed by atoms with van der Waals surface area (Å²) in [4.78, 5) is 58.3. The summed E-state index contributed by atoms with van der Waals surface area (Å²) in [6, 6.07) is 2.40. The van der Waals surface area contributed by atoms with E-state index in [1.165, 1.54) is 18.9 Å². The summed E-state index contributed by atoms with van der Waals surface area (Å²) in [7, 11) is 1.23. The molecule has 1 fully saturated rings. The first kappa shape index (κ1) is 26.7. The van der Waals surface area contributed by atoms with Gasteiger partial charge in [-0.05, 0) is 17.7 Å². The molecular formula is C22H21N7O7S2. The molecule has 0 saturated carbocycles. The zero-order chi connectivity index (χ0) is 27.4. The number of nitrogens with two attached hydrogens (primary N) is 1. The van der Waals surface area contributed by atoms with Crippen molar-refractivity contribution < 1.29 is 38.8 Å². The van der Waals surface area contributed by atoms with Crippen LogP contribution in [0.25, 0.3) is 0 Å². The quantitative estimate of drug-likeness (QED) is 0.126. The van der Waals surface area contributed by atoms with Crippen LogP contribution in [-0.4, -0.2) is 73.1 Å². The first-order valence-electron chi connectivity index (χ1n) is 11.0. The van der Waals surface area contributed by atoms with E-state index in [1.807, 2.05) is 0 Å². The average Bonchev–Trinajstić information content (AvgIpc) is 3.30. The van der Waals surface area contributed by atoms with Crippen LogP contribution >= 0.6 is 23.3 Å². The van der Waals surface area contributed by atoms with Crippen LogP contribution in [-0.2, 0) is 37.0 Å². The minimum atomic E-state index is -1.52. The minimum Gasteiger partial charge on any atom is -0.543 e. The standard InChI is InChI=1S/C22H21N7O7S2/c1-36-26-14(17-25-22(23)38-27-17)18(32)24-15-19(33)29-16(21(34)35)12(10-37-20(15)29)5-3-7-28-6-2-4-11(9-28)8-13(30)31/h2-6,9,15,20H,7-8,10H2,1H3,(H4-,23,24,25,27,30,31,32,34,35)/b5-3-,26-14-/t15?,20-/m1/s1. The molecule has 198 valence electrons. The molecule has 4 N–H and O–H groups in total. The smallest absolute Gasteiger partial charge is 0.308 e. The molecule has 2 amide bonds. The lowest BCUT2D eigenvalue weighted by atomic mass is 10.0. The Morgan fingerprint density at radius 1 is 1.45 bits per heavy atom. The van der Waals surface area contributed by atoms with Crippen LogP contribution in [0.2, 0.25) is 0 Å². The molecule has 0 spiro atoms. The Hall–Kier alpha value is -4.31. The third kappa shape index (κ3) is 5.65. The number of carbonyl (C=O) groups excluding carboxylic acids is 3. The number of amides is 2. The van der Waals surface area contributed by atoms with Crippen LogP contribution in [0.5, 0.6) is 0 Å². The van der Waals surface area contributed by atoms with Gasteiger partial charge in [-0.15, -0.1) is 11.8 Å². The van der Waals surface area contributed by atoms with Gasteiger partial charge in [-0.2, -0.15) is 9.36 Å². The van der Waals surface area contributed by atoms with Gasteiger partial charge in [0.05, 0.1) is 18.1 Å².